The molecule has 0 aliphatic carbocycles. The largest absolute Gasteiger partial charge is 0.331 e. The van der Waals surface area contributed by atoms with Crippen LogP contribution in [0.5, 0.6) is 0 Å². The van der Waals surface area contributed by atoms with Crippen molar-refractivity contribution >= 4 is 37.2 Å². The first-order valence-corrected chi connectivity index (χ1v) is 5.72. The topological polar surface area (TPSA) is 33.1 Å². The van der Waals surface area contributed by atoms with Gasteiger partial charge in [-0.05, 0) is 13.8 Å². The lowest BCUT2D eigenvalue weighted by atomic mass is 10.3. The molecular formula is C11H23Cl3N4. The van der Waals surface area contributed by atoms with Crippen LogP contribution < -0.4 is 5.32 Å². The van der Waals surface area contributed by atoms with Gasteiger partial charge < -0.3 is 9.88 Å². The van der Waals surface area contributed by atoms with Crippen molar-refractivity contribution in [2.45, 2.75) is 26.4 Å². The van der Waals surface area contributed by atoms with Crippen molar-refractivity contribution in [3.05, 3.63) is 18.2 Å². The molecule has 1 aliphatic heterocycles. The molecule has 108 valence electrons. The molecule has 0 radical (unpaired) electrons. The van der Waals surface area contributed by atoms with Crippen LogP contribution in [0.25, 0.3) is 0 Å². The Hall–Kier alpha value is -0.000000000000000111. The summed E-state index contributed by atoms with van der Waals surface area (Å²) in [5.41, 5.74) is 0. The van der Waals surface area contributed by atoms with Crippen LogP contribution in [0.3, 0.4) is 0 Å². The molecule has 1 N–H and O–H groups in total. The van der Waals surface area contributed by atoms with Gasteiger partial charge in [-0.3, -0.25) is 4.90 Å². The van der Waals surface area contributed by atoms with Gasteiger partial charge in [0.25, 0.3) is 0 Å². The van der Waals surface area contributed by atoms with Gasteiger partial charge in [0.1, 0.15) is 5.82 Å². The van der Waals surface area contributed by atoms with Gasteiger partial charge in [0.05, 0.1) is 6.54 Å². The van der Waals surface area contributed by atoms with Crippen molar-refractivity contribution in [1.29, 1.82) is 0 Å². The Balaban J connectivity index is 0. The highest BCUT2D eigenvalue weighted by Gasteiger charge is 2.13. The average molecular weight is 318 g/mol. The van der Waals surface area contributed by atoms with Crippen molar-refractivity contribution in [3.8, 4) is 0 Å². The smallest absolute Gasteiger partial charge is 0.123 e. The summed E-state index contributed by atoms with van der Waals surface area (Å²) in [4.78, 5) is 6.89. The van der Waals surface area contributed by atoms with Gasteiger partial charge in [0, 0.05) is 44.6 Å². The highest BCUT2D eigenvalue weighted by atomic mass is 35.5. The molecule has 0 amide bonds. The second-order valence-electron chi connectivity index (χ2n) is 4.37. The number of halogens is 3. The number of rotatable bonds is 3. The minimum absolute atomic E-state index is 0. The molecule has 0 bridgehead atoms. The monoisotopic (exact) mass is 316 g/mol. The van der Waals surface area contributed by atoms with Crippen molar-refractivity contribution in [2.75, 3.05) is 26.2 Å². The molecule has 0 unspecified atom stereocenters. The van der Waals surface area contributed by atoms with E-state index in [1.807, 2.05) is 6.20 Å². The number of nitrogens with zero attached hydrogens (tertiary/aromatic N) is 3. The van der Waals surface area contributed by atoms with Crippen molar-refractivity contribution in [2.24, 2.45) is 0 Å². The predicted octanol–water partition coefficient (Wildman–Crippen LogP) is 2.13. The molecule has 0 aromatic carbocycles. The molecule has 4 nitrogen and oxygen atoms in total. The normalized spacial score (nSPS) is 15.5. The fourth-order valence-corrected chi connectivity index (χ4v) is 2.01. The van der Waals surface area contributed by atoms with Crippen LogP contribution in [-0.2, 0) is 6.54 Å². The van der Waals surface area contributed by atoms with E-state index < -0.39 is 0 Å². The van der Waals surface area contributed by atoms with Crippen LogP contribution >= 0.6 is 37.2 Å². The average Bonchev–Trinajstić information content (AvgIpc) is 2.67. The zero-order valence-electron chi connectivity index (χ0n) is 10.8. The lowest BCUT2D eigenvalue weighted by Gasteiger charge is -2.27. The lowest BCUT2D eigenvalue weighted by Crippen LogP contribution is -2.43. The maximum absolute atomic E-state index is 4.43. The van der Waals surface area contributed by atoms with E-state index in [2.05, 4.69) is 39.8 Å². The first kappa shape index (κ1) is 20.3. The van der Waals surface area contributed by atoms with E-state index in [9.17, 15) is 0 Å². The first-order valence-electron chi connectivity index (χ1n) is 5.72. The van der Waals surface area contributed by atoms with E-state index >= 15 is 0 Å². The van der Waals surface area contributed by atoms with E-state index in [1.165, 1.54) is 5.82 Å². The molecule has 1 aliphatic rings. The van der Waals surface area contributed by atoms with E-state index in [1.54, 1.807) is 0 Å². The molecule has 0 spiro atoms. The standard InChI is InChI=1S/C11H20N4.3ClH/c1-10(2)15-8-5-13-11(15)9-14-6-3-12-4-7-14;;;/h5,8,10,12H,3-4,6-7,9H2,1-2H3;3*1H. The minimum Gasteiger partial charge on any atom is -0.331 e. The van der Waals surface area contributed by atoms with E-state index in [-0.39, 0.29) is 37.2 Å². The van der Waals surface area contributed by atoms with Crippen LogP contribution in [0.1, 0.15) is 25.7 Å². The maximum atomic E-state index is 4.43. The molecular weight excluding hydrogens is 295 g/mol. The summed E-state index contributed by atoms with van der Waals surface area (Å²) >= 11 is 0. The van der Waals surface area contributed by atoms with Crippen LogP contribution in [0.15, 0.2) is 12.4 Å². The summed E-state index contributed by atoms with van der Waals surface area (Å²) in [6, 6.07) is 0.505. The van der Waals surface area contributed by atoms with E-state index in [4.69, 9.17) is 0 Å². The predicted molar refractivity (Wildman–Crippen MR) is 82.5 cm³/mol. The fourth-order valence-electron chi connectivity index (χ4n) is 2.01. The van der Waals surface area contributed by atoms with Crippen LogP contribution in [0.2, 0.25) is 0 Å². The Labute approximate surface area is 128 Å². The third-order valence-electron chi connectivity index (χ3n) is 2.88. The molecule has 0 saturated carbocycles. The quantitative estimate of drug-likeness (QED) is 0.927. The fraction of sp³-hybridized carbons (Fsp3) is 0.727. The highest BCUT2D eigenvalue weighted by Crippen LogP contribution is 2.10. The van der Waals surface area contributed by atoms with Gasteiger partial charge in [-0.1, -0.05) is 0 Å². The summed E-state index contributed by atoms with van der Waals surface area (Å²) in [5, 5.41) is 3.36. The Kier molecular flexibility index (Phi) is 11.1. The van der Waals surface area contributed by atoms with Crippen molar-refractivity contribution in [1.82, 2.24) is 19.8 Å². The second-order valence-corrected chi connectivity index (χ2v) is 4.37. The highest BCUT2D eigenvalue weighted by molar-refractivity contribution is 5.86. The molecule has 1 fully saturated rings. The van der Waals surface area contributed by atoms with Crippen LogP contribution in [0.4, 0.5) is 0 Å². The number of hydrogen-bond donors (Lipinski definition) is 1. The summed E-state index contributed by atoms with van der Waals surface area (Å²) in [5.74, 6) is 1.19. The number of aromatic nitrogens is 2. The molecule has 2 rings (SSSR count). The van der Waals surface area contributed by atoms with Gasteiger partial charge in [-0.2, -0.15) is 0 Å². The number of piperazine rings is 1. The Morgan fingerprint density at radius 3 is 2.39 bits per heavy atom. The molecule has 2 heterocycles. The zero-order chi connectivity index (χ0) is 10.7. The van der Waals surface area contributed by atoms with Gasteiger partial charge >= 0.3 is 0 Å². The van der Waals surface area contributed by atoms with Gasteiger partial charge in [-0.25, -0.2) is 4.98 Å². The third-order valence-corrected chi connectivity index (χ3v) is 2.88. The maximum Gasteiger partial charge on any atom is 0.123 e. The molecule has 1 saturated heterocycles. The summed E-state index contributed by atoms with van der Waals surface area (Å²) in [7, 11) is 0. The first-order chi connectivity index (χ1) is 7.27. The van der Waals surface area contributed by atoms with E-state index in [0.717, 1.165) is 32.7 Å². The molecule has 0 atom stereocenters. The van der Waals surface area contributed by atoms with Gasteiger partial charge in [0.2, 0.25) is 0 Å². The molecule has 1 aromatic heterocycles. The lowest BCUT2D eigenvalue weighted by molar-refractivity contribution is 0.224. The Morgan fingerprint density at radius 1 is 1.22 bits per heavy atom. The van der Waals surface area contributed by atoms with Crippen molar-refractivity contribution in [3.63, 3.8) is 0 Å². The Morgan fingerprint density at radius 2 is 1.83 bits per heavy atom. The molecule has 7 heteroatoms. The van der Waals surface area contributed by atoms with Crippen LogP contribution in [0, 0.1) is 0 Å². The van der Waals surface area contributed by atoms with Gasteiger partial charge in [0.15, 0.2) is 0 Å². The van der Waals surface area contributed by atoms with Crippen LogP contribution in [-0.4, -0.2) is 40.6 Å². The third kappa shape index (κ3) is 5.33. The summed E-state index contributed by atoms with van der Waals surface area (Å²) in [6.07, 6.45) is 3.97. The number of imidazole rings is 1. The Bertz CT molecular complexity index is 311. The van der Waals surface area contributed by atoms with Crippen molar-refractivity contribution < 1.29 is 0 Å². The molecule has 18 heavy (non-hydrogen) atoms. The van der Waals surface area contributed by atoms with Gasteiger partial charge in [-0.15, -0.1) is 37.2 Å². The SMILES string of the molecule is CC(C)n1ccnc1CN1CCNCC1.Cl.Cl.Cl. The molecule has 1 aromatic rings. The summed E-state index contributed by atoms with van der Waals surface area (Å²) in [6.45, 7) is 9.83. The number of hydrogen-bond acceptors (Lipinski definition) is 3. The van der Waals surface area contributed by atoms with E-state index in [0.29, 0.717) is 6.04 Å². The minimum atomic E-state index is 0. The zero-order valence-corrected chi connectivity index (χ0v) is 13.3. The number of nitrogens with one attached hydrogen (secondary N) is 1. The second kappa shape index (κ2) is 9.87. The summed E-state index contributed by atoms with van der Waals surface area (Å²) < 4.78 is 2.25.